The van der Waals surface area contributed by atoms with Gasteiger partial charge in [0.15, 0.2) is 0 Å². The van der Waals surface area contributed by atoms with Gasteiger partial charge in [0.1, 0.15) is 7.14 Å². The second kappa shape index (κ2) is 3.58. The lowest BCUT2D eigenvalue weighted by Crippen LogP contribution is -1.79. The van der Waals surface area contributed by atoms with E-state index < -0.39 is 7.14 Å². The van der Waals surface area contributed by atoms with Gasteiger partial charge >= 0.3 is 0 Å². The molecule has 0 aromatic carbocycles. The topological polar surface area (TPSA) is 17.1 Å². The van der Waals surface area contributed by atoms with Crippen molar-refractivity contribution in [1.29, 1.82) is 0 Å². The highest BCUT2D eigenvalue weighted by atomic mass is 31.2. The van der Waals surface area contributed by atoms with E-state index in [1.165, 1.54) is 24.8 Å². The molecule has 0 saturated carbocycles. The van der Waals surface area contributed by atoms with E-state index in [0.717, 1.165) is 12.6 Å². The van der Waals surface area contributed by atoms with E-state index >= 15 is 0 Å². The third kappa shape index (κ3) is 2.83. The minimum Gasteiger partial charge on any atom is -0.320 e. The Morgan fingerprint density at radius 1 is 1.64 bits per heavy atom. The molecule has 1 atom stereocenters. The zero-order chi connectivity index (χ0) is 8.32. The summed E-state index contributed by atoms with van der Waals surface area (Å²) in [5, 5.41) is 0. The van der Waals surface area contributed by atoms with Gasteiger partial charge in [0.2, 0.25) is 0 Å². The van der Waals surface area contributed by atoms with Crippen molar-refractivity contribution in [2.24, 2.45) is 0 Å². The fourth-order valence-electron chi connectivity index (χ4n) is 1.47. The lowest BCUT2D eigenvalue weighted by molar-refractivity contribution is 0.585. The SMILES string of the molecule is CCCCC1=CP(C)(=O)CC1. The van der Waals surface area contributed by atoms with Gasteiger partial charge < -0.3 is 4.57 Å². The van der Waals surface area contributed by atoms with Crippen LogP contribution in [0.25, 0.3) is 0 Å². The highest BCUT2D eigenvalue weighted by Crippen LogP contribution is 2.51. The van der Waals surface area contributed by atoms with Crippen molar-refractivity contribution >= 4 is 7.14 Å². The summed E-state index contributed by atoms with van der Waals surface area (Å²) >= 11 is 0. The molecule has 0 fully saturated rings. The summed E-state index contributed by atoms with van der Waals surface area (Å²) in [5.74, 6) is 2.04. The van der Waals surface area contributed by atoms with Gasteiger partial charge in [0.05, 0.1) is 0 Å². The molecule has 2 heteroatoms. The molecule has 0 bridgehead atoms. The molecule has 0 N–H and O–H groups in total. The highest BCUT2D eigenvalue weighted by Gasteiger charge is 2.19. The van der Waals surface area contributed by atoms with Gasteiger partial charge in [0.25, 0.3) is 0 Å². The Bertz CT molecular complexity index is 206. The number of rotatable bonds is 3. The average Bonchev–Trinajstić information content (AvgIpc) is 2.26. The molecule has 0 aromatic heterocycles. The molecule has 0 amide bonds. The lowest BCUT2D eigenvalue weighted by atomic mass is 10.1. The van der Waals surface area contributed by atoms with Crippen LogP contribution in [0.2, 0.25) is 0 Å². The Hall–Kier alpha value is -0.0300. The van der Waals surface area contributed by atoms with Crippen molar-refractivity contribution in [3.63, 3.8) is 0 Å². The average molecular weight is 172 g/mol. The van der Waals surface area contributed by atoms with Crippen LogP contribution in [0.1, 0.15) is 32.6 Å². The fourth-order valence-corrected chi connectivity index (χ4v) is 3.37. The molecular weight excluding hydrogens is 155 g/mol. The van der Waals surface area contributed by atoms with Gasteiger partial charge in [-0.2, -0.15) is 0 Å². The smallest absolute Gasteiger partial charge is 0.106 e. The van der Waals surface area contributed by atoms with Crippen molar-refractivity contribution in [3.05, 3.63) is 11.4 Å². The summed E-state index contributed by atoms with van der Waals surface area (Å²) in [6.45, 7) is 4.09. The van der Waals surface area contributed by atoms with Gasteiger partial charge in [-0.05, 0) is 31.7 Å². The highest BCUT2D eigenvalue weighted by molar-refractivity contribution is 7.66. The van der Waals surface area contributed by atoms with Crippen LogP contribution in [0, 0.1) is 0 Å². The molecule has 1 unspecified atom stereocenters. The maximum absolute atomic E-state index is 11.5. The maximum atomic E-state index is 11.5. The molecule has 1 heterocycles. The van der Waals surface area contributed by atoms with Gasteiger partial charge in [0, 0.05) is 6.16 Å². The number of hydrogen-bond acceptors (Lipinski definition) is 1. The number of allylic oxidation sites excluding steroid dienone is 1. The zero-order valence-electron chi connectivity index (χ0n) is 7.47. The van der Waals surface area contributed by atoms with Crippen LogP contribution in [0.3, 0.4) is 0 Å². The van der Waals surface area contributed by atoms with E-state index in [0.29, 0.717) is 0 Å². The predicted molar refractivity (Wildman–Crippen MR) is 50.6 cm³/mol. The van der Waals surface area contributed by atoms with Gasteiger partial charge in [-0.25, -0.2) is 0 Å². The van der Waals surface area contributed by atoms with Crippen LogP contribution >= 0.6 is 7.14 Å². The van der Waals surface area contributed by atoms with E-state index in [1.54, 1.807) is 0 Å². The normalized spacial score (nSPS) is 30.5. The molecule has 64 valence electrons. The van der Waals surface area contributed by atoms with Crippen molar-refractivity contribution in [3.8, 4) is 0 Å². The van der Waals surface area contributed by atoms with Crippen molar-refractivity contribution in [2.75, 3.05) is 12.8 Å². The van der Waals surface area contributed by atoms with E-state index in [1.807, 2.05) is 12.5 Å². The Morgan fingerprint density at radius 3 is 2.82 bits per heavy atom. The van der Waals surface area contributed by atoms with Gasteiger partial charge in [-0.15, -0.1) is 0 Å². The van der Waals surface area contributed by atoms with Crippen LogP contribution in [0.15, 0.2) is 11.4 Å². The minimum atomic E-state index is -1.80. The molecule has 11 heavy (non-hydrogen) atoms. The third-order valence-corrected chi connectivity index (χ3v) is 4.21. The van der Waals surface area contributed by atoms with E-state index in [-0.39, 0.29) is 0 Å². The van der Waals surface area contributed by atoms with Crippen LogP contribution in [-0.4, -0.2) is 12.8 Å². The van der Waals surface area contributed by atoms with E-state index in [4.69, 9.17) is 0 Å². The molecule has 1 aliphatic rings. The molecule has 0 radical (unpaired) electrons. The first kappa shape index (κ1) is 9.06. The Labute approximate surface area is 69.3 Å². The van der Waals surface area contributed by atoms with E-state index in [9.17, 15) is 4.57 Å². The zero-order valence-corrected chi connectivity index (χ0v) is 8.36. The lowest BCUT2D eigenvalue weighted by Gasteiger charge is -1.96. The summed E-state index contributed by atoms with van der Waals surface area (Å²) < 4.78 is 11.5. The second-order valence-electron chi connectivity index (χ2n) is 3.54. The summed E-state index contributed by atoms with van der Waals surface area (Å²) in [6.07, 6.45) is 5.69. The van der Waals surface area contributed by atoms with Crippen LogP contribution in [0.4, 0.5) is 0 Å². The molecule has 0 aliphatic carbocycles. The first-order chi connectivity index (χ1) is 5.14. The molecular formula is C9H17OP. The standard InChI is InChI=1S/C9H17OP/c1-3-4-5-9-6-7-11(2,10)8-9/h8H,3-7H2,1-2H3. The van der Waals surface area contributed by atoms with Crippen molar-refractivity contribution in [1.82, 2.24) is 0 Å². The first-order valence-corrected chi connectivity index (χ1v) is 6.82. The second-order valence-corrected chi connectivity index (χ2v) is 6.59. The van der Waals surface area contributed by atoms with E-state index in [2.05, 4.69) is 6.92 Å². The molecule has 0 spiro atoms. The molecule has 1 nitrogen and oxygen atoms in total. The maximum Gasteiger partial charge on any atom is 0.106 e. The monoisotopic (exact) mass is 172 g/mol. The quantitative estimate of drug-likeness (QED) is 0.596. The van der Waals surface area contributed by atoms with Gasteiger partial charge in [-0.3, -0.25) is 0 Å². The van der Waals surface area contributed by atoms with Crippen LogP contribution < -0.4 is 0 Å². The van der Waals surface area contributed by atoms with Gasteiger partial charge in [-0.1, -0.05) is 18.9 Å². The molecule has 1 aliphatic heterocycles. The minimum absolute atomic E-state index is 0.923. The van der Waals surface area contributed by atoms with Crippen molar-refractivity contribution in [2.45, 2.75) is 32.6 Å². The Balaban J connectivity index is 2.43. The molecule has 0 saturated heterocycles. The summed E-state index contributed by atoms with van der Waals surface area (Å²) in [5.41, 5.74) is 1.44. The summed E-state index contributed by atoms with van der Waals surface area (Å²) in [7, 11) is -1.80. The van der Waals surface area contributed by atoms with Crippen LogP contribution in [-0.2, 0) is 4.57 Å². The number of hydrogen-bond donors (Lipinski definition) is 0. The first-order valence-electron chi connectivity index (χ1n) is 4.41. The largest absolute Gasteiger partial charge is 0.320 e. The molecule has 1 rings (SSSR count). The summed E-state index contributed by atoms with van der Waals surface area (Å²) in [6, 6.07) is 0. The summed E-state index contributed by atoms with van der Waals surface area (Å²) in [4.78, 5) is 0. The van der Waals surface area contributed by atoms with Crippen LogP contribution in [0.5, 0.6) is 0 Å². The predicted octanol–water partition coefficient (Wildman–Crippen LogP) is 3.46. The Kier molecular flexibility index (Phi) is 2.95. The Morgan fingerprint density at radius 2 is 2.36 bits per heavy atom. The molecule has 0 aromatic rings. The fraction of sp³-hybridized carbons (Fsp3) is 0.778. The third-order valence-electron chi connectivity index (χ3n) is 2.18. The number of unbranched alkanes of at least 4 members (excludes halogenated alkanes) is 1. The van der Waals surface area contributed by atoms with Crippen molar-refractivity contribution < 1.29 is 4.57 Å².